The molecule has 1 heterocycles. The molecule has 1 saturated heterocycles. The molecule has 16 heavy (non-hydrogen) atoms. The molecule has 1 aromatic rings. The summed E-state index contributed by atoms with van der Waals surface area (Å²) in [6.07, 6.45) is 5.20. The molecule has 1 fully saturated rings. The second-order valence-electron chi connectivity index (χ2n) is 3.97. The largest absolute Gasteiger partial charge is 0.504 e. The quantitative estimate of drug-likeness (QED) is 0.591. The molecule has 2 N–H and O–H groups in total. The van der Waals surface area contributed by atoms with Crippen LogP contribution in [0.25, 0.3) is 0 Å². The summed E-state index contributed by atoms with van der Waals surface area (Å²) in [4.78, 5) is 0. The van der Waals surface area contributed by atoms with E-state index in [0.717, 1.165) is 13.1 Å². The van der Waals surface area contributed by atoms with Gasteiger partial charge in [-0.2, -0.15) is 5.10 Å². The molecule has 86 valence electrons. The van der Waals surface area contributed by atoms with E-state index in [-0.39, 0.29) is 11.5 Å². The van der Waals surface area contributed by atoms with Gasteiger partial charge in [0.05, 0.1) is 6.21 Å². The molecule has 4 nitrogen and oxygen atoms in total. The summed E-state index contributed by atoms with van der Waals surface area (Å²) in [6.45, 7) is 1.94. The van der Waals surface area contributed by atoms with Crippen molar-refractivity contribution in [1.82, 2.24) is 5.01 Å². The fraction of sp³-hybridized carbons (Fsp3) is 0.417. The van der Waals surface area contributed by atoms with Crippen LogP contribution in [0.15, 0.2) is 23.3 Å². The van der Waals surface area contributed by atoms with Crippen LogP contribution in [0, 0.1) is 0 Å². The van der Waals surface area contributed by atoms with Crippen LogP contribution in [-0.4, -0.2) is 34.5 Å². The van der Waals surface area contributed by atoms with Gasteiger partial charge < -0.3 is 10.2 Å². The highest BCUT2D eigenvalue weighted by Gasteiger charge is 2.07. The number of hydrazone groups is 1. The molecule has 0 saturated carbocycles. The number of hydrogen-bond donors (Lipinski definition) is 2. The molecule has 1 aromatic carbocycles. The van der Waals surface area contributed by atoms with Crippen molar-refractivity contribution in [1.29, 1.82) is 0 Å². The van der Waals surface area contributed by atoms with Crippen LogP contribution in [-0.2, 0) is 0 Å². The van der Waals surface area contributed by atoms with Gasteiger partial charge in [-0.05, 0) is 31.4 Å². The lowest BCUT2D eigenvalue weighted by molar-refractivity contribution is 0.240. The van der Waals surface area contributed by atoms with Crippen molar-refractivity contribution in [3.05, 3.63) is 23.8 Å². The molecular formula is C12H16N2O2. The van der Waals surface area contributed by atoms with Crippen molar-refractivity contribution in [3.8, 4) is 11.5 Å². The third-order valence-corrected chi connectivity index (χ3v) is 2.74. The van der Waals surface area contributed by atoms with Gasteiger partial charge in [-0.3, -0.25) is 5.01 Å². The van der Waals surface area contributed by atoms with Crippen LogP contribution in [0.1, 0.15) is 24.8 Å². The first kappa shape index (κ1) is 10.8. The Bertz CT molecular complexity index is 385. The lowest BCUT2D eigenvalue weighted by Crippen LogP contribution is -2.24. The highest BCUT2D eigenvalue weighted by atomic mass is 16.3. The van der Waals surface area contributed by atoms with E-state index in [9.17, 15) is 10.2 Å². The van der Waals surface area contributed by atoms with Gasteiger partial charge >= 0.3 is 0 Å². The maximum atomic E-state index is 9.57. The summed E-state index contributed by atoms with van der Waals surface area (Å²) in [7, 11) is 0. The number of para-hydroxylation sites is 1. The Labute approximate surface area is 94.8 Å². The predicted molar refractivity (Wildman–Crippen MR) is 62.8 cm³/mol. The normalized spacial score (nSPS) is 16.9. The summed E-state index contributed by atoms with van der Waals surface area (Å²) in [5, 5.41) is 25.2. The molecule has 0 aliphatic carbocycles. The highest BCUT2D eigenvalue weighted by molar-refractivity contribution is 5.84. The maximum Gasteiger partial charge on any atom is 0.166 e. The summed E-state index contributed by atoms with van der Waals surface area (Å²) >= 11 is 0. The van der Waals surface area contributed by atoms with E-state index < -0.39 is 0 Å². The monoisotopic (exact) mass is 220 g/mol. The molecule has 0 bridgehead atoms. The average Bonchev–Trinajstić information content (AvgIpc) is 2.32. The number of piperidine rings is 1. The predicted octanol–water partition coefficient (Wildman–Crippen LogP) is 1.92. The second-order valence-corrected chi connectivity index (χ2v) is 3.97. The summed E-state index contributed by atoms with van der Waals surface area (Å²) in [5.74, 6) is -0.217. The Morgan fingerprint density at radius 2 is 1.88 bits per heavy atom. The molecule has 0 amide bonds. The van der Waals surface area contributed by atoms with E-state index in [0.29, 0.717) is 5.56 Å². The topological polar surface area (TPSA) is 56.1 Å². The zero-order chi connectivity index (χ0) is 11.4. The molecule has 0 aromatic heterocycles. The Balaban J connectivity index is 2.07. The standard InChI is InChI=1S/C12H16N2O2/c15-11-6-4-5-10(12(11)16)9-13-14-7-2-1-3-8-14/h4-6,9,15-16H,1-3,7-8H2. The van der Waals surface area contributed by atoms with Gasteiger partial charge in [0.2, 0.25) is 0 Å². The first-order valence-electron chi connectivity index (χ1n) is 5.57. The van der Waals surface area contributed by atoms with E-state index in [1.807, 2.05) is 5.01 Å². The van der Waals surface area contributed by atoms with Gasteiger partial charge in [-0.1, -0.05) is 6.07 Å². The average molecular weight is 220 g/mol. The zero-order valence-corrected chi connectivity index (χ0v) is 9.13. The third kappa shape index (κ3) is 2.45. The van der Waals surface area contributed by atoms with E-state index in [2.05, 4.69) is 5.10 Å². The lowest BCUT2D eigenvalue weighted by atomic mass is 10.2. The van der Waals surface area contributed by atoms with Crippen LogP contribution in [0.5, 0.6) is 11.5 Å². The van der Waals surface area contributed by atoms with Gasteiger partial charge in [-0.25, -0.2) is 0 Å². The van der Waals surface area contributed by atoms with Gasteiger partial charge in [0.25, 0.3) is 0 Å². The van der Waals surface area contributed by atoms with Crippen molar-refractivity contribution in [2.75, 3.05) is 13.1 Å². The molecule has 1 aliphatic rings. The number of nitrogens with zero attached hydrogens (tertiary/aromatic N) is 2. The van der Waals surface area contributed by atoms with Crippen LogP contribution in [0.2, 0.25) is 0 Å². The number of rotatable bonds is 2. The fourth-order valence-corrected chi connectivity index (χ4v) is 1.79. The van der Waals surface area contributed by atoms with Gasteiger partial charge in [-0.15, -0.1) is 0 Å². The van der Waals surface area contributed by atoms with Gasteiger partial charge in [0, 0.05) is 18.7 Å². The smallest absolute Gasteiger partial charge is 0.166 e. The van der Waals surface area contributed by atoms with Crippen LogP contribution in [0.3, 0.4) is 0 Å². The number of phenolic OH excluding ortho intramolecular Hbond substituents is 2. The van der Waals surface area contributed by atoms with Gasteiger partial charge in [0.15, 0.2) is 11.5 Å². The Morgan fingerprint density at radius 1 is 1.12 bits per heavy atom. The zero-order valence-electron chi connectivity index (χ0n) is 9.13. The molecule has 0 unspecified atom stereocenters. The van der Waals surface area contributed by atoms with Crippen molar-refractivity contribution < 1.29 is 10.2 Å². The van der Waals surface area contributed by atoms with Crippen LogP contribution in [0.4, 0.5) is 0 Å². The lowest BCUT2D eigenvalue weighted by Gasteiger charge is -2.23. The molecule has 1 aliphatic heterocycles. The minimum atomic E-state index is -0.109. The van der Waals surface area contributed by atoms with Crippen molar-refractivity contribution in [2.24, 2.45) is 5.10 Å². The minimum Gasteiger partial charge on any atom is -0.504 e. The molecule has 0 spiro atoms. The Morgan fingerprint density at radius 3 is 2.62 bits per heavy atom. The van der Waals surface area contributed by atoms with E-state index in [4.69, 9.17) is 0 Å². The number of phenols is 2. The molecule has 0 radical (unpaired) electrons. The van der Waals surface area contributed by atoms with Crippen LogP contribution < -0.4 is 0 Å². The summed E-state index contributed by atoms with van der Waals surface area (Å²) in [6, 6.07) is 4.86. The molecule has 2 rings (SSSR count). The van der Waals surface area contributed by atoms with Crippen molar-refractivity contribution in [3.63, 3.8) is 0 Å². The summed E-state index contributed by atoms with van der Waals surface area (Å²) in [5.41, 5.74) is 0.547. The van der Waals surface area contributed by atoms with Crippen molar-refractivity contribution in [2.45, 2.75) is 19.3 Å². The molecule has 0 atom stereocenters. The highest BCUT2D eigenvalue weighted by Crippen LogP contribution is 2.26. The Kier molecular flexibility index (Phi) is 3.29. The SMILES string of the molecule is Oc1cccc(C=NN2CCCCC2)c1O. The first-order valence-corrected chi connectivity index (χ1v) is 5.57. The van der Waals surface area contributed by atoms with E-state index in [1.54, 1.807) is 18.3 Å². The number of aromatic hydroxyl groups is 2. The van der Waals surface area contributed by atoms with Gasteiger partial charge in [0.1, 0.15) is 0 Å². The van der Waals surface area contributed by atoms with E-state index >= 15 is 0 Å². The molecular weight excluding hydrogens is 204 g/mol. The first-order chi connectivity index (χ1) is 7.77. The molecule has 4 heteroatoms. The summed E-state index contributed by atoms with van der Waals surface area (Å²) < 4.78 is 0. The maximum absolute atomic E-state index is 9.57. The number of hydrogen-bond acceptors (Lipinski definition) is 4. The Hall–Kier alpha value is -1.71. The third-order valence-electron chi connectivity index (χ3n) is 2.74. The minimum absolute atomic E-state index is 0.108. The van der Waals surface area contributed by atoms with Crippen molar-refractivity contribution >= 4 is 6.21 Å². The second kappa shape index (κ2) is 4.88. The number of benzene rings is 1. The van der Waals surface area contributed by atoms with Crippen LogP contribution >= 0.6 is 0 Å². The fourth-order valence-electron chi connectivity index (χ4n) is 1.79. The van der Waals surface area contributed by atoms with E-state index in [1.165, 1.54) is 25.3 Å².